The summed E-state index contributed by atoms with van der Waals surface area (Å²) in [7, 11) is 0. The molecule has 2 N–H and O–H groups in total. The minimum atomic E-state index is -0.374. The fourth-order valence-corrected chi connectivity index (χ4v) is 2.25. The van der Waals surface area contributed by atoms with Gasteiger partial charge >= 0.3 is 0 Å². The number of carbonyl (C=O) groups excluding carboxylic acids is 1. The van der Waals surface area contributed by atoms with Crippen molar-refractivity contribution < 1.29 is 9.90 Å². The van der Waals surface area contributed by atoms with Crippen LogP contribution in [-0.2, 0) is 4.79 Å². The Morgan fingerprint density at radius 3 is 2.70 bits per heavy atom. The van der Waals surface area contributed by atoms with Gasteiger partial charge in [-0.3, -0.25) is 4.79 Å². The number of hydrogen-bond donors (Lipinski definition) is 2. The number of aliphatic hydroxyl groups is 1. The summed E-state index contributed by atoms with van der Waals surface area (Å²) in [4.78, 5) is 16.0. The van der Waals surface area contributed by atoms with Crippen molar-refractivity contribution in [3.05, 3.63) is 54.6 Å². The lowest BCUT2D eigenvalue weighted by molar-refractivity contribution is -0.118. The highest BCUT2D eigenvalue weighted by Gasteiger charge is 2.22. The number of benzene rings is 1. The van der Waals surface area contributed by atoms with E-state index < -0.39 is 0 Å². The topological polar surface area (TPSA) is 67.2 Å². The quantitative estimate of drug-likeness (QED) is 0.772. The van der Waals surface area contributed by atoms with Crippen LogP contribution in [0.2, 0.25) is 0 Å². The number of rotatable bonds is 7. The fourth-order valence-electron chi connectivity index (χ4n) is 2.25. The van der Waals surface area contributed by atoms with Gasteiger partial charge < -0.3 is 15.0 Å². The highest BCUT2D eigenvalue weighted by molar-refractivity contribution is 5.92. The predicted octanol–water partition coefficient (Wildman–Crippen LogP) is 2.55. The van der Waals surface area contributed by atoms with E-state index in [9.17, 15) is 4.79 Å². The van der Waals surface area contributed by atoms with Crippen molar-refractivity contribution in [1.82, 2.24) is 14.9 Å². The summed E-state index contributed by atoms with van der Waals surface area (Å²) in [5, 5.41) is 12.0. The molecule has 1 unspecified atom stereocenters. The van der Waals surface area contributed by atoms with Gasteiger partial charge in [0, 0.05) is 36.3 Å². The predicted molar refractivity (Wildman–Crippen MR) is 91.1 cm³/mol. The van der Waals surface area contributed by atoms with Crippen LogP contribution in [-0.4, -0.2) is 32.7 Å². The largest absolute Gasteiger partial charge is 0.396 e. The van der Waals surface area contributed by atoms with Gasteiger partial charge in [0.1, 0.15) is 0 Å². The molecule has 0 aliphatic carbocycles. The van der Waals surface area contributed by atoms with Crippen molar-refractivity contribution in [2.45, 2.75) is 32.2 Å². The second kappa shape index (κ2) is 7.74. The van der Waals surface area contributed by atoms with Gasteiger partial charge in [-0.25, -0.2) is 4.98 Å². The number of aliphatic hydroxyl groups excluding tert-OH is 1. The van der Waals surface area contributed by atoms with Gasteiger partial charge in [0.05, 0.1) is 6.33 Å². The van der Waals surface area contributed by atoms with Gasteiger partial charge in [0.15, 0.2) is 0 Å². The first-order chi connectivity index (χ1) is 11.1. The molecule has 1 atom stereocenters. The third-order valence-electron chi connectivity index (χ3n) is 3.99. The maximum Gasteiger partial charge on any atom is 0.244 e. The molecule has 2 rings (SSSR count). The molecular formula is C18H23N3O2. The SMILES string of the molecule is CCC(C)(CCO)NC(=O)/C=C/c1ccc(-n2ccnc2)cc1. The second-order valence-electron chi connectivity index (χ2n) is 5.77. The number of hydrogen-bond acceptors (Lipinski definition) is 3. The van der Waals surface area contributed by atoms with Gasteiger partial charge in [-0.15, -0.1) is 0 Å². The zero-order valence-corrected chi connectivity index (χ0v) is 13.6. The van der Waals surface area contributed by atoms with Crippen LogP contribution >= 0.6 is 0 Å². The molecule has 1 aromatic heterocycles. The minimum absolute atomic E-state index is 0.0596. The van der Waals surface area contributed by atoms with Crippen molar-refractivity contribution in [2.24, 2.45) is 0 Å². The van der Waals surface area contributed by atoms with Crippen LogP contribution in [0.15, 0.2) is 49.1 Å². The fraction of sp³-hybridized carbons (Fsp3) is 0.333. The Labute approximate surface area is 136 Å². The summed E-state index contributed by atoms with van der Waals surface area (Å²) in [6.07, 6.45) is 9.97. The Kier molecular flexibility index (Phi) is 5.71. The molecule has 0 saturated heterocycles. The summed E-state index contributed by atoms with van der Waals surface area (Å²) in [5.41, 5.74) is 1.59. The zero-order valence-electron chi connectivity index (χ0n) is 13.6. The maximum atomic E-state index is 12.0. The number of amides is 1. The van der Waals surface area contributed by atoms with Crippen LogP contribution in [0.4, 0.5) is 0 Å². The second-order valence-corrected chi connectivity index (χ2v) is 5.77. The van der Waals surface area contributed by atoms with Gasteiger partial charge in [-0.05, 0) is 43.5 Å². The van der Waals surface area contributed by atoms with Gasteiger partial charge in [-0.2, -0.15) is 0 Å². The number of aromatic nitrogens is 2. The molecule has 1 amide bonds. The van der Waals surface area contributed by atoms with E-state index in [1.165, 1.54) is 6.08 Å². The van der Waals surface area contributed by atoms with Crippen LogP contribution in [0.3, 0.4) is 0 Å². The lowest BCUT2D eigenvalue weighted by Gasteiger charge is -2.28. The monoisotopic (exact) mass is 313 g/mol. The molecule has 23 heavy (non-hydrogen) atoms. The Morgan fingerprint density at radius 1 is 1.39 bits per heavy atom. The number of nitrogens with one attached hydrogen (secondary N) is 1. The average molecular weight is 313 g/mol. The van der Waals surface area contributed by atoms with E-state index in [-0.39, 0.29) is 18.1 Å². The van der Waals surface area contributed by atoms with Crippen LogP contribution < -0.4 is 5.32 Å². The molecule has 0 fully saturated rings. The lowest BCUT2D eigenvalue weighted by atomic mass is 9.95. The Bertz CT molecular complexity index is 647. The number of carbonyl (C=O) groups is 1. The minimum Gasteiger partial charge on any atom is -0.396 e. The molecule has 1 aromatic carbocycles. The Balaban J connectivity index is 1.98. The van der Waals surface area contributed by atoms with E-state index in [0.717, 1.165) is 17.7 Å². The lowest BCUT2D eigenvalue weighted by Crippen LogP contribution is -2.45. The van der Waals surface area contributed by atoms with Gasteiger partial charge in [0.25, 0.3) is 0 Å². The zero-order chi connectivity index (χ0) is 16.7. The van der Waals surface area contributed by atoms with Crippen LogP contribution in [0, 0.1) is 0 Å². The Hall–Kier alpha value is -2.40. The van der Waals surface area contributed by atoms with Crippen LogP contribution in [0.5, 0.6) is 0 Å². The third kappa shape index (κ3) is 4.79. The molecule has 2 aromatic rings. The standard InChI is InChI=1S/C18H23N3O2/c1-3-18(2,10-13-22)20-17(23)9-6-15-4-7-16(8-5-15)21-12-11-19-14-21/h4-9,11-12,14,22H,3,10,13H2,1-2H3,(H,20,23)/b9-6+. The van der Waals surface area contributed by atoms with Crippen molar-refractivity contribution in [2.75, 3.05) is 6.61 Å². The molecule has 0 bridgehead atoms. The first-order valence-electron chi connectivity index (χ1n) is 7.76. The van der Waals surface area contributed by atoms with Crippen LogP contribution in [0.1, 0.15) is 32.3 Å². The van der Waals surface area contributed by atoms with E-state index in [0.29, 0.717) is 6.42 Å². The summed E-state index contributed by atoms with van der Waals surface area (Å²) >= 11 is 0. The van der Waals surface area contributed by atoms with Crippen molar-refractivity contribution in [3.63, 3.8) is 0 Å². The van der Waals surface area contributed by atoms with Crippen molar-refractivity contribution >= 4 is 12.0 Å². The number of nitrogens with zero attached hydrogens (tertiary/aromatic N) is 2. The molecule has 0 aliphatic heterocycles. The molecule has 5 heteroatoms. The third-order valence-corrected chi connectivity index (χ3v) is 3.99. The highest BCUT2D eigenvalue weighted by Crippen LogP contribution is 2.14. The molecule has 5 nitrogen and oxygen atoms in total. The highest BCUT2D eigenvalue weighted by atomic mass is 16.3. The summed E-state index contributed by atoms with van der Waals surface area (Å²) in [6, 6.07) is 7.85. The van der Waals surface area contributed by atoms with Gasteiger partial charge in [0.2, 0.25) is 5.91 Å². The maximum absolute atomic E-state index is 12.0. The van der Waals surface area contributed by atoms with E-state index >= 15 is 0 Å². The first-order valence-corrected chi connectivity index (χ1v) is 7.76. The first kappa shape index (κ1) is 17.0. The van der Waals surface area contributed by atoms with E-state index in [2.05, 4.69) is 10.3 Å². The normalized spacial score (nSPS) is 13.9. The molecule has 0 radical (unpaired) electrons. The van der Waals surface area contributed by atoms with E-state index in [1.54, 1.807) is 18.6 Å². The molecule has 0 aliphatic rings. The smallest absolute Gasteiger partial charge is 0.244 e. The van der Waals surface area contributed by atoms with E-state index in [4.69, 9.17) is 5.11 Å². The molecule has 0 saturated carbocycles. The summed E-state index contributed by atoms with van der Waals surface area (Å²) in [5.74, 6) is -0.151. The number of imidazole rings is 1. The Morgan fingerprint density at radius 2 is 2.13 bits per heavy atom. The molecule has 122 valence electrons. The van der Waals surface area contributed by atoms with Crippen molar-refractivity contribution in [1.29, 1.82) is 0 Å². The summed E-state index contributed by atoms with van der Waals surface area (Å²) in [6.45, 7) is 3.99. The molecule has 0 spiro atoms. The molecule has 1 heterocycles. The molecular weight excluding hydrogens is 290 g/mol. The summed E-state index contributed by atoms with van der Waals surface area (Å²) < 4.78 is 1.92. The van der Waals surface area contributed by atoms with Crippen molar-refractivity contribution in [3.8, 4) is 5.69 Å². The van der Waals surface area contributed by atoms with Crippen LogP contribution in [0.25, 0.3) is 11.8 Å². The van der Waals surface area contributed by atoms with Gasteiger partial charge in [-0.1, -0.05) is 19.1 Å². The average Bonchev–Trinajstić information content (AvgIpc) is 3.08. The van der Waals surface area contributed by atoms with E-state index in [1.807, 2.05) is 48.9 Å².